The van der Waals surface area contributed by atoms with Crippen LogP contribution in [0.1, 0.15) is 33.1 Å². The quantitative estimate of drug-likeness (QED) is 0.551. The summed E-state index contributed by atoms with van der Waals surface area (Å²) >= 11 is 0. The molecular formula is C8H16F2O. The highest BCUT2D eigenvalue weighted by Crippen LogP contribution is 2.17. The zero-order chi connectivity index (χ0) is 8.74. The van der Waals surface area contributed by atoms with E-state index in [0.717, 1.165) is 12.8 Å². The zero-order valence-corrected chi connectivity index (χ0v) is 7.20. The number of rotatable bonds is 6. The SMILES string of the molecule is CCCCOCC(F)(F)CC. The summed E-state index contributed by atoms with van der Waals surface area (Å²) in [6.45, 7) is 3.49. The lowest BCUT2D eigenvalue weighted by Gasteiger charge is -2.13. The standard InChI is InChI=1S/C8H16F2O/c1-3-5-6-11-7-8(9,10)4-2/h3-7H2,1-2H3. The van der Waals surface area contributed by atoms with Gasteiger partial charge in [-0.15, -0.1) is 0 Å². The minimum absolute atomic E-state index is 0.140. The van der Waals surface area contributed by atoms with Gasteiger partial charge in [0.25, 0.3) is 5.92 Å². The molecule has 3 heteroatoms. The molecule has 0 radical (unpaired) electrons. The van der Waals surface area contributed by atoms with E-state index in [4.69, 9.17) is 4.74 Å². The van der Waals surface area contributed by atoms with Crippen molar-refractivity contribution in [1.29, 1.82) is 0 Å². The zero-order valence-electron chi connectivity index (χ0n) is 7.20. The van der Waals surface area contributed by atoms with Gasteiger partial charge in [-0.1, -0.05) is 20.3 Å². The molecule has 0 aromatic carbocycles. The number of ether oxygens (including phenoxy) is 1. The first-order valence-corrected chi connectivity index (χ1v) is 4.08. The van der Waals surface area contributed by atoms with Crippen LogP contribution in [0.25, 0.3) is 0 Å². The number of unbranched alkanes of at least 4 members (excludes halogenated alkanes) is 1. The molecule has 0 rings (SSSR count). The molecule has 0 aromatic heterocycles. The third kappa shape index (κ3) is 6.23. The second kappa shape index (κ2) is 5.47. The summed E-state index contributed by atoms with van der Waals surface area (Å²) in [4.78, 5) is 0. The van der Waals surface area contributed by atoms with E-state index >= 15 is 0 Å². The molecule has 0 atom stereocenters. The van der Waals surface area contributed by atoms with Crippen molar-refractivity contribution in [3.8, 4) is 0 Å². The minimum atomic E-state index is -2.63. The summed E-state index contributed by atoms with van der Waals surface area (Å²) in [5, 5.41) is 0. The van der Waals surface area contributed by atoms with Crippen LogP contribution in [0, 0.1) is 0 Å². The van der Waals surface area contributed by atoms with Crippen LogP contribution in [0.3, 0.4) is 0 Å². The Balaban J connectivity index is 3.23. The van der Waals surface area contributed by atoms with Gasteiger partial charge < -0.3 is 4.74 Å². The first-order valence-electron chi connectivity index (χ1n) is 4.08. The molecular weight excluding hydrogens is 150 g/mol. The average molecular weight is 166 g/mol. The Morgan fingerprint density at radius 1 is 1.27 bits per heavy atom. The van der Waals surface area contributed by atoms with E-state index in [2.05, 4.69) is 0 Å². The number of alkyl halides is 2. The van der Waals surface area contributed by atoms with Crippen molar-refractivity contribution in [1.82, 2.24) is 0 Å². The maximum Gasteiger partial charge on any atom is 0.270 e. The van der Waals surface area contributed by atoms with Gasteiger partial charge in [0.1, 0.15) is 6.61 Å². The van der Waals surface area contributed by atoms with E-state index in [9.17, 15) is 8.78 Å². The van der Waals surface area contributed by atoms with Gasteiger partial charge in [0.15, 0.2) is 0 Å². The Morgan fingerprint density at radius 2 is 1.91 bits per heavy atom. The highest BCUT2D eigenvalue weighted by molar-refractivity contribution is 4.60. The van der Waals surface area contributed by atoms with E-state index in [1.165, 1.54) is 6.92 Å². The highest BCUT2D eigenvalue weighted by Gasteiger charge is 2.25. The molecule has 1 nitrogen and oxygen atoms in total. The van der Waals surface area contributed by atoms with E-state index in [1.54, 1.807) is 0 Å². The monoisotopic (exact) mass is 166 g/mol. The molecule has 68 valence electrons. The molecule has 0 aromatic rings. The van der Waals surface area contributed by atoms with Gasteiger partial charge in [-0.25, -0.2) is 8.78 Å². The normalized spacial score (nSPS) is 12.0. The number of hydrogen-bond donors (Lipinski definition) is 0. The Morgan fingerprint density at radius 3 is 2.36 bits per heavy atom. The topological polar surface area (TPSA) is 9.23 Å². The second-order valence-corrected chi connectivity index (χ2v) is 2.62. The Kier molecular flexibility index (Phi) is 5.38. The maximum absolute atomic E-state index is 12.5. The predicted molar refractivity (Wildman–Crippen MR) is 41.0 cm³/mol. The van der Waals surface area contributed by atoms with Crippen LogP contribution >= 0.6 is 0 Å². The van der Waals surface area contributed by atoms with Crippen LogP contribution in [0.4, 0.5) is 8.78 Å². The van der Waals surface area contributed by atoms with E-state index in [0.29, 0.717) is 6.61 Å². The van der Waals surface area contributed by atoms with Crippen molar-refractivity contribution < 1.29 is 13.5 Å². The fourth-order valence-electron chi connectivity index (χ4n) is 0.570. The van der Waals surface area contributed by atoms with Crippen LogP contribution in [0.15, 0.2) is 0 Å². The van der Waals surface area contributed by atoms with Gasteiger partial charge in [0, 0.05) is 13.0 Å². The Labute approximate surface area is 66.7 Å². The first-order chi connectivity index (χ1) is 5.12. The molecule has 0 N–H and O–H groups in total. The number of halogens is 2. The van der Waals surface area contributed by atoms with E-state index in [1.807, 2.05) is 6.92 Å². The van der Waals surface area contributed by atoms with Gasteiger partial charge in [-0.05, 0) is 6.42 Å². The Bertz CT molecular complexity index is 94.1. The molecule has 0 amide bonds. The summed E-state index contributed by atoms with van der Waals surface area (Å²) in [6, 6.07) is 0. The summed E-state index contributed by atoms with van der Waals surface area (Å²) in [5.74, 6) is -2.63. The summed E-state index contributed by atoms with van der Waals surface area (Å²) in [5.41, 5.74) is 0. The van der Waals surface area contributed by atoms with Crippen LogP contribution < -0.4 is 0 Å². The van der Waals surface area contributed by atoms with Crippen LogP contribution in [-0.4, -0.2) is 19.1 Å². The molecule has 0 aliphatic carbocycles. The van der Waals surface area contributed by atoms with Crippen LogP contribution in [0.5, 0.6) is 0 Å². The molecule has 0 unspecified atom stereocenters. The molecule has 0 fully saturated rings. The average Bonchev–Trinajstić information content (AvgIpc) is 1.99. The van der Waals surface area contributed by atoms with Crippen molar-refractivity contribution >= 4 is 0 Å². The maximum atomic E-state index is 12.5. The molecule has 0 aliphatic rings. The highest BCUT2D eigenvalue weighted by atomic mass is 19.3. The minimum Gasteiger partial charge on any atom is -0.375 e. The largest absolute Gasteiger partial charge is 0.375 e. The molecule has 0 bridgehead atoms. The van der Waals surface area contributed by atoms with E-state index in [-0.39, 0.29) is 6.42 Å². The lowest BCUT2D eigenvalue weighted by Crippen LogP contribution is -2.22. The van der Waals surface area contributed by atoms with E-state index < -0.39 is 12.5 Å². The second-order valence-electron chi connectivity index (χ2n) is 2.62. The van der Waals surface area contributed by atoms with Crippen molar-refractivity contribution in [2.45, 2.75) is 39.0 Å². The van der Waals surface area contributed by atoms with Gasteiger partial charge in [0.2, 0.25) is 0 Å². The van der Waals surface area contributed by atoms with Gasteiger partial charge in [-0.2, -0.15) is 0 Å². The van der Waals surface area contributed by atoms with Crippen LogP contribution in [0.2, 0.25) is 0 Å². The molecule has 0 heterocycles. The van der Waals surface area contributed by atoms with Gasteiger partial charge in [0.05, 0.1) is 0 Å². The molecule has 0 saturated carbocycles. The first kappa shape index (κ1) is 10.8. The van der Waals surface area contributed by atoms with Gasteiger partial charge in [-0.3, -0.25) is 0 Å². The van der Waals surface area contributed by atoms with Crippen LogP contribution in [-0.2, 0) is 4.74 Å². The molecule has 0 aliphatic heterocycles. The third-order valence-corrected chi connectivity index (χ3v) is 1.47. The van der Waals surface area contributed by atoms with Gasteiger partial charge >= 0.3 is 0 Å². The van der Waals surface area contributed by atoms with Crippen molar-refractivity contribution in [3.05, 3.63) is 0 Å². The van der Waals surface area contributed by atoms with Crippen molar-refractivity contribution in [3.63, 3.8) is 0 Å². The number of hydrogen-bond acceptors (Lipinski definition) is 1. The van der Waals surface area contributed by atoms with Crippen molar-refractivity contribution in [2.24, 2.45) is 0 Å². The lowest BCUT2D eigenvalue weighted by molar-refractivity contribution is -0.0792. The molecule has 0 saturated heterocycles. The summed E-state index contributed by atoms with van der Waals surface area (Å²) < 4.78 is 29.7. The molecule has 11 heavy (non-hydrogen) atoms. The fraction of sp³-hybridized carbons (Fsp3) is 1.00. The smallest absolute Gasteiger partial charge is 0.270 e. The summed E-state index contributed by atoms with van der Waals surface area (Å²) in [6.07, 6.45) is 1.70. The third-order valence-electron chi connectivity index (χ3n) is 1.47. The van der Waals surface area contributed by atoms with Crippen molar-refractivity contribution in [2.75, 3.05) is 13.2 Å². The molecule has 0 spiro atoms. The summed E-state index contributed by atoms with van der Waals surface area (Å²) in [7, 11) is 0. The lowest BCUT2D eigenvalue weighted by atomic mass is 10.3. The fourth-order valence-corrected chi connectivity index (χ4v) is 0.570. The predicted octanol–water partition coefficient (Wildman–Crippen LogP) is 2.85. The Hall–Kier alpha value is -0.180.